The van der Waals surface area contributed by atoms with Crippen molar-refractivity contribution in [3.63, 3.8) is 0 Å². The Morgan fingerprint density at radius 1 is 1.53 bits per heavy atom. The Hall–Kier alpha value is -1.66. The molecule has 0 aliphatic heterocycles. The van der Waals surface area contributed by atoms with Gasteiger partial charge in [-0.1, -0.05) is 28.1 Å². The SMILES string of the molecule is COCc1cccc(Br)c1-c1cc(C(=O)O)nn1C. The Morgan fingerprint density at radius 2 is 2.26 bits per heavy atom. The van der Waals surface area contributed by atoms with Crippen molar-refractivity contribution in [1.82, 2.24) is 9.78 Å². The Morgan fingerprint density at radius 3 is 2.84 bits per heavy atom. The van der Waals surface area contributed by atoms with Crippen molar-refractivity contribution in [3.05, 3.63) is 40.0 Å². The Labute approximate surface area is 118 Å². The van der Waals surface area contributed by atoms with Crippen molar-refractivity contribution in [3.8, 4) is 11.3 Å². The predicted octanol–water partition coefficient (Wildman–Crippen LogP) is 2.69. The molecular formula is C13H13BrN2O3. The Kier molecular flexibility index (Phi) is 4.01. The van der Waals surface area contributed by atoms with Crippen molar-refractivity contribution in [2.45, 2.75) is 6.61 Å². The van der Waals surface area contributed by atoms with Gasteiger partial charge in [0.25, 0.3) is 0 Å². The summed E-state index contributed by atoms with van der Waals surface area (Å²) >= 11 is 3.49. The van der Waals surface area contributed by atoms with E-state index in [4.69, 9.17) is 9.84 Å². The molecule has 2 rings (SSSR count). The van der Waals surface area contributed by atoms with Gasteiger partial charge >= 0.3 is 5.97 Å². The molecule has 19 heavy (non-hydrogen) atoms. The molecular weight excluding hydrogens is 312 g/mol. The first kappa shape index (κ1) is 13.8. The number of carboxylic acids is 1. The normalized spacial score (nSPS) is 10.7. The van der Waals surface area contributed by atoms with Crippen LogP contribution in [0.25, 0.3) is 11.3 Å². The highest BCUT2D eigenvalue weighted by Crippen LogP contribution is 2.32. The molecule has 100 valence electrons. The predicted molar refractivity (Wildman–Crippen MR) is 74.0 cm³/mol. The second-order valence-corrected chi connectivity index (χ2v) is 4.90. The number of aromatic carboxylic acids is 1. The Balaban J connectivity index is 2.61. The van der Waals surface area contributed by atoms with Gasteiger partial charge in [0.15, 0.2) is 5.69 Å². The van der Waals surface area contributed by atoms with E-state index in [-0.39, 0.29) is 5.69 Å². The molecule has 0 bridgehead atoms. The van der Waals surface area contributed by atoms with Gasteiger partial charge in [-0.05, 0) is 17.7 Å². The molecule has 0 amide bonds. The second-order valence-electron chi connectivity index (χ2n) is 4.05. The van der Waals surface area contributed by atoms with Gasteiger partial charge in [0.1, 0.15) is 0 Å². The highest BCUT2D eigenvalue weighted by molar-refractivity contribution is 9.10. The first-order valence-electron chi connectivity index (χ1n) is 5.58. The quantitative estimate of drug-likeness (QED) is 0.939. The van der Waals surface area contributed by atoms with Crippen LogP contribution in [0, 0.1) is 0 Å². The summed E-state index contributed by atoms with van der Waals surface area (Å²) in [5.41, 5.74) is 2.62. The number of aromatic nitrogens is 2. The van der Waals surface area contributed by atoms with Crippen LogP contribution in [0.2, 0.25) is 0 Å². The van der Waals surface area contributed by atoms with E-state index in [2.05, 4.69) is 21.0 Å². The van der Waals surface area contributed by atoms with Crippen LogP contribution in [0.1, 0.15) is 16.1 Å². The van der Waals surface area contributed by atoms with Crippen LogP contribution in [-0.2, 0) is 18.4 Å². The molecule has 6 heteroatoms. The molecule has 1 heterocycles. The van der Waals surface area contributed by atoms with Crippen LogP contribution in [0.15, 0.2) is 28.7 Å². The number of nitrogens with zero attached hydrogens (tertiary/aromatic N) is 2. The highest BCUT2D eigenvalue weighted by Gasteiger charge is 2.17. The summed E-state index contributed by atoms with van der Waals surface area (Å²) < 4.78 is 7.61. The smallest absolute Gasteiger partial charge is 0.356 e. The standard InChI is InChI=1S/C13H13BrN2O3/c1-16-11(6-10(15-16)13(17)18)12-8(7-19-2)4-3-5-9(12)14/h3-6H,7H2,1-2H3,(H,17,18). The number of hydrogen-bond acceptors (Lipinski definition) is 3. The molecule has 2 aromatic rings. The highest BCUT2D eigenvalue weighted by atomic mass is 79.9. The maximum Gasteiger partial charge on any atom is 0.356 e. The zero-order valence-corrected chi connectivity index (χ0v) is 12.1. The van der Waals surface area contributed by atoms with Gasteiger partial charge in [-0.15, -0.1) is 0 Å². The molecule has 0 unspecified atom stereocenters. The average Bonchev–Trinajstić information content (AvgIpc) is 2.72. The molecule has 0 spiro atoms. The third kappa shape index (κ3) is 2.69. The Bertz CT molecular complexity index is 622. The van der Waals surface area contributed by atoms with Crippen LogP contribution in [-0.4, -0.2) is 28.0 Å². The minimum absolute atomic E-state index is 0.0246. The van der Waals surface area contributed by atoms with Gasteiger partial charge in [-0.2, -0.15) is 5.10 Å². The molecule has 0 saturated heterocycles. The summed E-state index contributed by atoms with van der Waals surface area (Å²) in [5, 5.41) is 13.0. The first-order valence-corrected chi connectivity index (χ1v) is 6.38. The van der Waals surface area contributed by atoms with E-state index < -0.39 is 5.97 Å². The summed E-state index contributed by atoms with van der Waals surface area (Å²) in [6.07, 6.45) is 0. The third-order valence-electron chi connectivity index (χ3n) is 2.75. The lowest BCUT2D eigenvalue weighted by Gasteiger charge is -2.11. The number of aryl methyl sites for hydroxylation is 1. The molecule has 0 fully saturated rings. The summed E-state index contributed by atoms with van der Waals surface area (Å²) in [7, 11) is 3.34. The largest absolute Gasteiger partial charge is 0.476 e. The van der Waals surface area contributed by atoms with Crippen LogP contribution in [0.4, 0.5) is 0 Å². The van der Waals surface area contributed by atoms with E-state index in [1.54, 1.807) is 24.9 Å². The molecule has 5 nitrogen and oxygen atoms in total. The fourth-order valence-electron chi connectivity index (χ4n) is 1.94. The number of carboxylic acid groups (broad SMARTS) is 1. The number of carbonyl (C=O) groups is 1. The number of benzene rings is 1. The molecule has 0 aliphatic rings. The zero-order chi connectivity index (χ0) is 14.0. The van der Waals surface area contributed by atoms with Crippen molar-refractivity contribution in [2.24, 2.45) is 7.05 Å². The summed E-state index contributed by atoms with van der Waals surface area (Å²) in [5.74, 6) is -1.04. The zero-order valence-electron chi connectivity index (χ0n) is 10.6. The lowest BCUT2D eigenvalue weighted by Crippen LogP contribution is -2.00. The molecule has 1 N–H and O–H groups in total. The minimum Gasteiger partial charge on any atom is -0.476 e. The van der Waals surface area contributed by atoms with Crippen LogP contribution < -0.4 is 0 Å². The summed E-state index contributed by atoms with van der Waals surface area (Å²) in [4.78, 5) is 11.0. The number of ether oxygens (including phenoxy) is 1. The molecule has 0 atom stereocenters. The first-order chi connectivity index (χ1) is 9.04. The van der Waals surface area contributed by atoms with Gasteiger partial charge in [-0.3, -0.25) is 4.68 Å². The van der Waals surface area contributed by atoms with Gasteiger partial charge in [0.2, 0.25) is 0 Å². The fourth-order valence-corrected chi connectivity index (χ4v) is 2.55. The number of hydrogen-bond donors (Lipinski definition) is 1. The summed E-state index contributed by atoms with van der Waals surface area (Å²) in [6, 6.07) is 7.32. The molecule has 0 saturated carbocycles. The van der Waals surface area contributed by atoms with Crippen LogP contribution in [0.5, 0.6) is 0 Å². The van der Waals surface area contributed by atoms with E-state index >= 15 is 0 Å². The molecule has 1 aromatic carbocycles. The van der Waals surface area contributed by atoms with E-state index in [1.807, 2.05) is 18.2 Å². The van der Waals surface area contributed by atoms with Crippen molar-refractivity contribution in [1.29, 1.82) is 0 Å². The fraction of sp³-hybridized carbons (Fsp3) is 0.231. The lowest BCUT2D eigenvalue weighted by molar-refractivity contribution is 0.0689. The number of halogens is 1. The maximum absolute atomic E-state index is 11.0. The second kappa shape index (κ2) is 5.54. The van der Waals surface area contributed by atoms with E-state index in [1.165, 1.54) is 0 Å². The van der Waals surface area contributed by atoms with Crippen LogP contribution in [0.3, 0.4) is 0 Å². The topological polar surface area (TPSA) is 64.3 Å². The number of rotatable bonds is 4. The van der Waals surface area contributed by atoms with E-state index in [0.717, 1.165) is 21.3 Å². The van der Waals surface area contributed by atoms with Crippen molar-refractivity contribution in [2.75, 3.05) is 7.11 Å². The molecule has 0 aliphatic carbocycles. The van der Waals surface area contributed by atoms with Gasteiger partial charge < -0.3 is 9.84 Å². The minimum atomic E-state index is -1.04. The maximum atomic E-state index is 11.0. The monoisotopic (exact) mass is 324 g/mol. The van der Waals surface area contributed by atoms with Crippen molar-refractivity contribution >= 4 is 21.9 Å². The summed E-state index contributed by atoms with van der Waals surface area (Å²) in [6.45, 7) is 0.447. The number of methoxy groups -OCH3 is 1. The van der Waals surface area contributed by atoms with Gasteiger partial charge in [-0.25, -0.2) is 4.79 Å². The van der Waals surface area contributed by atoms with Gasteiger partial charge in [0.05, 0.1) is 12.3 Å². The van der Waals surface area contributed by atoms with Crippen LogP contribution >= 0.6 is 15.9 Å². The van der Waals surface area contributed by atoms with E-state index in [9.17, 15) is 4.79 Å². The molecule has 0 radical (unpaired) electrons. The lowest BCUT2D eigenvalue weighted by atomic mass is 10.0. The third-order valence-corrected chi connectivity index (χ3v) is 3.42. The van der Waals surface area contributed by atoms with Crippen molar-refractivity contribution < 1.29 is 14.6 Å². The van der Waals surface area contributed by atoms with E-state index in [0.29, 0.717) is 6.61 Å². The van der Waals surface area contributed by atoms with Gasteiger partial charge in [0, 0.05) is 24.2 Å². The average molecular weight is 325 g/mol. The molecule has 1 aromatic heterocycles.